The van der Waals surface area contributed by atoms with Crippen molar-refractivity contribution in [2.45, 2.75) is 57.7 Å². The number of fused-ring (bicyclic) bond motifs is 1. The minimum absolute atomic E-state index is 0.0229. The van der Waals surface area contributed by atoms with Crippen molar-refractivity contribution in [2.24, 2.45) is 0 Å². The molecule has 142 valence electrons. The van der Waals surface area contributed by atoms with Crippen LogP contribution in [0.3, 0.4) is 0 Å². The fourth-order valence-electron chi connectivity index (χ4n) is 4.20. The molecule has 2 atom stereocenters. The number of pyridine rings is 1. The van der Waals surface area contributed by atoms with E-state index in [0.29, 0.717) is 5.89 Å². The normalized spacial score (nSPS) is 24.0. The average Bonchev–Trinajstić information content (AvgIpc) is 3.43. The van der Waals surface area contributed by atoms with E-state index in [4.69, 9.17) is 9.15 Å². The van der Waals surface area contributed by atoms with Gasteiger partial charge in [-0.2, -0.15) is 0 Å². The molecule has 2 saturated heterocycles. The molecule has 0 unspecified atom stereocenters. The van der Waals surface area contributed by atoms with Gasteiger partial charge in [-0.25, -0.2) is 4.98 Å². The van der Waals surface area contributed by atoms with E-state index in [0.717, 1.165) is 50.5 Å². The number of aromatic nitrogens is 4. The number of imidazole rings is 1. The molecule has 7 nitrogen and oxygen atoms in total. The molecule has 0 aromatic carbocycles. The molecule has 0 N–H and O–H groups in total. The van der Waals surface area contributed by atoms with Crippen LogP contribution in [-0.4, -0.2) is 37.6 Å². The number of nitrogens with zero attached hydrogens (tertiary/aromatic N) is 5. The summed E-state index contributed by atoms with van der Waals surface area (Å²) in [5.41, 5.74) is 3.41. The SMILES string of the molecule is Cc1ccn2c(CN3CCCC[C@H]3c3nnc([C@H]4CCCO4)o3)cnc2c1. The van der Waals surface area contributed by atoms with Crippen LogP contribution in [0.15, 0.2) is 28.9 Å². The van der Waals surface area contributed by atoms with Gasteiger partial charge in [0.25, 0.3) is 0 Å². The quantitative estimate of drug-likeness (QED) is 0.702. The molecule has 5 rings (SSSR count). The molecule has 0 bridgehead atoms. The first-order valence-corrected chi connectivity index (χ1v) is 9.89. The van der Waals surface area contributed by atoms with Crippen LogP contribution >= 0.6 is 0 Å². The largest absolute Gasteiger partial charge is 0.421 e. The Kier molecular flexibility index (Phi) is 4.41. The van der Waals surface area contributed by atoms with Crippen LogP contribution in [0.2, 0.25) is 0 Å². The predicted molar refractivity (Wildman–Crippen MR) is 99.2 cm³/mol. The summed E-state index contributed by atoms with van der Waals surface area (Å²) in [4.78, 5) is 7.01. The highest BCUT2D eigenvalue weighted by molar-refractivity contribution is 5.42. The molecule has 2 aliphatic heterocycles. The fourth-order valence-corrected chi connectivity index (χ4v) is 4.20. The van der Waals surface area contributed by atoms with Gasteiger partial charge in [0.2, 0.25) is 11.8 Å². The van der Waals surface area contributed by atoms with E-state index in [9.17, 15) is 0 Å². The standard InChI is InChI=1S/C20H25N5O2/c1-14-7-9-25-15(12-21-18(25)11-14)13-24-8-3-2-5-16(24)19-22-23-20(27-19)17-6-4-10-26-17/h7,9,11-12,16-17H,2-6,8,10,13H2,1H3/t16-,17+/m0/s1. The Morgan fingerprint density at radius 2 is 2.07 bits per heavy atom. The van der Waals surface area contributed by atoms with Gasteiger partial charge in [0.15, 0.2) is 0 Å². The number of hydrogen-bond donors (Lipinski definition) is 0. The first kappa shape index (κ1) is 16.9. The summed E-state index contributed by atoms with van der Waals surface area (Å²) < 4.78 is 13.9. The molecule has 5 heterocycles. The van der Waals surface area contributed by atoms with Crippen molar-refractivity contribution in [1.29, 1.82) is 0 Å². The zero-order valence-corrected chi connectivity index (χ0v) is 15.7. The lowest BCUT2D eigenvalue weighted by atomic mass is 10.0. The summed E-state index contributed by atoms with van der Waals surface area (Å²) in [6.07, 6.45) is 9.52. The molecule has 0 radical (unpaired) electrons. The third-order valence-electron chi connectivity index (χ3n) is 5.67. The second-order valence-corrected chi connectivity index (χ2v) is 7.64. The molecule has 0 aliphatic carbocycles. The maximum atomic E-state index is 6.05. The number of rotatable bonds is 4. The second-order valence-electron chi connectivity index (χ2n) is 7.64. The Morgan fingerprint density at radius 3 is 2.96 bits per heavy atom. The first-order chi connectivity index (χ1) is 13.3. The van der Waals surface area contributed by atoms with E-state index < -0.39 is 0 Å². The van der Waals surface area contributed by atoms with Gasteiger partial charge in [0.1, 0.15) is 11.8 Å². The molecule has 27 heavy (non-hydrogen) atoms. The molecule has 0 amide bonds. The Hall–Kier alpha value is -2.25. The Labute approximate surface area is 158 Å². The van der Waals surface area contributed by atoms with Crippen molar-refractivity contribution in [2.75, 3.05) is 13.2 Å². The van der Waals surface area contributed by atoms with Crippen LogP contribution in [0.5, 0.6) is 0 Å². The summed E-state index contributed by atoms with van der Waals surface area (Å²) in [7, 11) is 0. The van der Waals surface area contributed by atoms with Crippen molar-refractivity contribution in [3.8, 4) is 0 Å². The molecule has 7 heteroatoms. The highest BCUT2D eigenvalue weighted by Crippen LogP contribution is 2.34. The van der Waals surface area contributed by atoms with Crippen LogP contribution in [-0.2, 0) is 11.3 Å². The zero-order chi connectivity index (χ0) is 18.2. The minimum Gasteiger partial charge on any atom is -0.421 e. The van der Waals surface area contributed by atoms with Gasteiger partial charge in [-0.05, 0) is 56.8 Å². The average molecular weight is 367 g/mol. The number of piperidine rings is 1. The summed E-state index contributed by atoms with van der Waals surface area (Å²) in [6.45, 7) is 4.73. The predicted octanol–water partition coefficient (Wildman–Crippen LogP) is 3.60. The highest BCUT2D eigenvalue weighted by atomic mass is 16.5. The lowest BCUT2D eigenvalue weighted by Gasteiger charge is -2.33. The van der Waals surface area contributed by atoms with E-state index in [1.165, 1.54) is 24.1 Å². The summed E-state index contributed by atoms with van der Waals surface area (Å²) in [5.74, 6) is 1.36. The number of hydrogen-bond acceptors (Lipinski definition) is 6. The lowest BCUT2D eigenvalue weighted by molar-refractivity contribution is 0.0792. The maximum Gasteiger partial charge on any atom is 0.245 e. The number of likely N-dealkylation sites (tertiary alicyclic amines) is 1. The Bertz CT molecular complexity index is 927. The molecule has 0 spiro atoms. The Morgan fingerprint density at radius 1 is 1.15 bits per heavy atom. The van der Waals surface area contributed by atoms with Crippen molar-refractivity contribution in [1.82, 2.24) is 24.5 Å². The van der Waals surface area contributed by atoms with Crippen LogP contribution in [0.4, 0.5) is 0 Å². The van der Waals surface area contributed by atoms with Crippen molar-refractivity contribution in [3.05, 3.63) is 47.6 Å². The van der Waals surface area contributed by atoms with Crippen LogP contribution < -0.4 is 0 Å². The number of ether oxygens (including phenoxy) is 1. The number of aryl methyl sites for hydroxylation is 1. The van der Waals surface area contributed by atoms with E-state index in [2.05, 4.69) is 49.7 Å². The lowest BCUT2D eigenvalue weighted by Crippen LogP contribution is -2.33. The van der Waals surface area contributed by atoms with Crippen molar-refractivity contribution < 1.29 is 9.15 Å². The van der Waals surface area contributed by atoms with E-state index in [1.54, 1.807) is 0 Å². The summed E-state index contributed by atoms with van der Waals surface area (Å²) in [5, 5.41) is 8.66. The van der Waals surface area contributed by atoms with E-state index in [-0.39, 0.29) is 12.1 Å². The fraction of sp³-hybridized carbons (Fsp3) is 0.550. The molecule has 0 saturated carbocycles. The molecule has 2 aliphatic rings. The third-order valence-corrected chi connectivity index (χ3v) is 5.67. The first-order valence-electron chi connectivity index (χ1n) is 9.89. The summed E-state index contributed by atoms with van der Waals surface area (Å²) >= 11 is 0. The zero-order valence-electron chi connectivity index (χ0n) is 15.7. The molecular formula is C20H25N5O2. The summed E-state index contributed by atoms with van der Waals surface area (Å²) in [6, 6.07) is 4.40. The van der Waals surface area contributed by atoms with Gasteiger partial charge < -0.3 is 13.6 Å². The third kappa shape index (κ3) is 3.26. The van der Waals surface area contributed by atoms with Crippen molar-refractivity contribution >= 4 is 5.65 Å². The van der Waals surface area contributed by atoms with Crippen molar-refractivity contribution in [3.63, 3.8) is 0 Å². The Balaban J connectivity index is 1.38. The van der Waals surface area contributed by atoms with E-state index >= 15 is 0 Å². The van der Waals surface area contributed by atoms with Crippen LogP contribution in [0.1, 0.15) is 67.3 Å². The van der Waals surface area contributed by atoms with Gasteiger partial charge in [0.05, 0.1) is 17.9 Å². The topological polar surface area (TPSA) is 68.7 Å². The smallest absolute Gasteiger partial charge is 0.245 e. The molecule has 3 aromatic rings. The van der Waals surface area contributed by atoms with Gasteiger partial charge in [-0.1, -0.05) is 6.42 Å². The molecule has 2 fully saturated rings. The highest BCUT2D eigenvalue weighted by Gasteiger charge is 2.31. The minimum atomic E-state index is -0.0229. The van der Waals surface area contributed by atoms with Crippen LogP contribution in [0.25, 0.3) is 5.65 Å². The van der Waals surface area contributed by atoms with Crippen LogP contribution in [0, 0.1) is 6.92 Å². The second kappa shape index (κ2) is 7.05. The van der Waals surface area contributed by atoms with Gasteiger partial charge in [0, 0.05) is 19.3 Å². The monoisotopic (exact) mass is 367 g/mol. The van der Waals surface area contributed by atoms with E-state index in [1.807, 2.05) is 6.20 Å². The molecule has 3 aromatic heterocycles. The maximum absolute atomic E-state index is 6.05. The molecular weight excluding hydrogens is 342 g/mol. The van der Waals surface area contributed by atoms with Gasteiger partial charge in [-0.15, -0.1) is 10.2 Å². The van der Waals surface area contributed by atoms with Gasteiger partial charge >= 0.3 is 0 Å². The van der Waals surface area contributed by atoms with Gasteiger partial charge in [-0.3, -0.25) is 4.90 Å².